The van der Waals surface area contributed by atoms with Crippen molar-refractivity contribution in [2.45, 2.75) is 39.2 Å². The van der Waals surface area contributed by atoms with Gasteiger partial charge in [-0.25, -0.2) is 0 Å². The zero-order valence-electron chi connectivity index (χ0n) is 6.93. The van der Waals surface area contributed by atoms with E-state index < -0.39 is 0 Å². The van der Waals surface area contributed by atoms with E-state index in [1.807, 2.05) is 0 Å². The molecule has 0 aromatic carbocycles. The molecule has 1 heteroatoms. The maximum Gasteiger partial charge on any atom is 0.0128 e. The van der Waals surface area contributed by atoms with Crippen molar-refractivity contribution in [3.8, 4) is 0 Å². The minimum Gasteiger partial charge on any atom is -0.327 e. The van der Waals surface area contributed by atoms with Crippen molar-refractivity contribution in [1.82, 2.24) is 0 Å². The number of nitrogens with two attached hydrogens (primary N) is 1. The Morgan fingerprint density at radius 2 is 1.90 bits per heavy atom. The largest absolute Gasteiger partial charge is 0.327 e. The number of hydrogen-bond acceptors (Lipinski definition) is 1. The molecule has 2 aliphatic carbocycles. The highest BCUT2D eigenvalue weighted by Crippen LogP contribution is 2.56. The fourth-order valence-electron chi connectivity index (χ4n) is 1.95. The molecule has 10 heavy (non-hydrogen) atoms. The molecule has 0 saturated heterocycles. The molecule has 0 aliphatic heterocycles. The SMILES string of the molecule is CC1(C)C(N)C1CC1CC1. The molecule has 0 spiro atoms. The first kappa shape index (κ1) is 6.66. The highest BCUT2D eigenvalue weighted by Gasteiger charge is 2.56. The molecule has 2 saturated carbocycles. The lowest BCUT2D eigenvalue weighted by Crippen LogP contribution is -2.06. The molecule has 2 atom stereocenters. The van der Waals surface area contributed by atoms with Gasteiger partial charge in [0.2, 0.25) is 0 Å². The lowest BCUT2D eigenvalue weighted by atomic mass is 10.1. The number of hydrogen-bond donors (Lipinski definition) is 1. The van der Waals surface area contributed by atoms with Gasteiger partial charge in [-0.15, -0.1) is 0 Å². The van der Waals surface area contributed by atoms with Crippen LogP contribution >= 0.6 is 0 Å². The van der Waals surface area contributed by atoms with Crippen LogP contribution in [0, 0.1) is 17.3 Å². The first-order chi connectivity index (χ1) is 4.62. The first-order valence-corrected chi connectivity index (χ1v) is 4.38. The Balaban J connectivity index is 1.85. The van der Waals surface area contributed by atoms with E-state index in [2.05, 4.69) is 13.8 Å². The first-order valence-electron chi connectivity index (χ1n) is 4.38. The van der Waals surface area contributed by atoms with E-state index in [0.29, 0.717) is 11.5 Å². The van der Waals surface area contributed by atoms with E-state index in [1.54, 1.807) is 0 Å². The Morgan fingerprint density at radius 1 is 1.40 bits per heavy atom. The van der Waals surface area contributed by atoms with E-state index in [1.165, 1.54) is 19.3 Å². The molecule has 0 amide bonds. The Morgan fingerprint density at radius 3 is 2.20 bits per heavy atom. The van der Waals surface area contributed by atoms with Crippen LogP contribution in [0.4, 0.5) is 0 Å². The fraction of sp³-hybridized carbons (Fsp3) is 1.00. The molecule has 0 aromatic heterocycles. The summed E-state index contributed by atoms with van der Waals surface area (Å²) in [6, 6.07) is 0.507. The normalized spacial score (nSPS) is 43.5. The Hall–Kier alpha value is -0.0400. The summed E-state index contributed by atoms with van der Waals surface area (Å²) >= 11 is 0. The fourth-order valence-corrected chi connectivity index (χ4v) is 1.95. The van der Waals surface area contributed by atoms with Crippen molar-refractivity contribution in [3.05, 3.63) is 0 Å². The highest BCUT2D eigenvalue weighted by molar-refractivity contribution is 5.09. The van der Waals surface area contributed by atoms with Crippen LogP contribution in [-0.4, -0.2) is 6.04 Å². The summed E-state index contributed by atoms with van der Waals surface area (Å²) in [5.74, 6) is 1.90. The molecule has 0 bridgehead atoms. The van der Waals surface area contributed by atoms with Gasteiger partial charge in [-0.3, -0.25) is 0 Å². The van der Waals surface area contributed by atoms with Crippen molar-refractivity contribution < 1.29 is 0 Å². The molecule has 0 heterocycles. The van der Waals surface area contributed by atoms with Gasteiger partial charge in [0.15, 0.2) is 0 Å². The Kier molecular flexibility index (Phi) is 1.17. The van der Waals surface area contributed by atoms with Crippen LogP contribution in [0.25, 0.3) is 0 Å². The molecule has 0 radical (unpaired) electrons. The summed E-state index contributed by atoms with van der Waals surface area (Å²) < 4.78 is 0. The molecule has 2 aliphatic rings. The second-order valence-electron chi connectivity index (χ2n) is 4.63. The molecule has 0 aromatic rings. The van der Waals surface area contributed by atoms with Gasteiger partial charge in [-0.05, 0) is 23.7 Å². The van der Waals surface area contributed by atoms with E-state index in [4.69, 9.17) is 5.73 Å². The molecular weight excluding hydrogens is 122 g/mol. The van der Waals surface area contributed by atoms with Gasteiger partial charge in [0.25, 0.3) is 0 Å². The zero-order valence-corrected chi connectivity index (χ0v) is 6.93. The zero-order chi connectivity index (χ0) is 7.35. The third-order valence-electron chi connectivity index (χ3n) is 3.42. The van der Waals surface area contributed by atoms with Crippen molar-refractivity contribution in [1.29, 1.82) is 0 Å². The lowest BCUT2D eigenvalue weighted by Gasteiger charge is -1.98. The monoisotopic (exact) mass is 139 g/mol. The summed E-state index contributed by atoms with van der Waals surface area (Å²) in [6.45, 7) is 4.59. The van der Waals surface area contributed by atoms with Crippen LogP contribution in [-0.2, 0) is 0 Å². The van der Waals surface area contributed by atoms with Gasteiger partial charge in [0.05, 0.1) is 0 Å². The van der Waals surface area contributed by atoms with Gasteiger partial charge in [-0.1, -0.05) is 26.7 Å². The van der Waals surface area contributed by atoms with Crippen LogP contribution in [0.5, 0.6) is 0 Å². The van der Waals surface area contributed by atoms with Crippen LogP contribution in [0.1, 0.15) is 33.1 Å². The molecule has 2 unspecified atom stereocenters. The van der Waals surface area contributed by atoms with Crippen molar-refractivity contribution >= 4 is 0 Å². The maximum absolute atomic E-state index is 5.92. The van der Waals surface area contributed by atoms with E-state index >= 15 is 0 Å². The average molecular weight is 139 g/mol. The van der Waals surface area contributed by atoms with Crippen LogP contribution in [0.15, 0.2) is 0 Å². The summed E-state index contributed by atoms with van der Waals surface area (Å²) in [6.07, 6.45) is 4.35. The quantitative estimate of drug-likeness (QED) is 0.620. The van der Waals surface area contributed by atoms with Crippen molar-refractivity contribution in [2.24, 2.45) is 23.0 Å². The second-order valence-corrected chi connectivity index (χ2v) is 4.63. The smallest absolute Gasteiger partial charge is 0.0128 e. The Labute approximate surface area is 63.0 Å². The molecule has 2 rings (SSSR count). The summed E-state index contributed by atoms with van der Waals surface area (Å²) in [5.41, 5.74) is 6.40. The van der Waals surface area contributed by atoms with E-state index in [-0.39, 0.29) is 0 Å². The Bertz CT molecular complexity index is 147. The summed E-state index contributed by atoms with van der Waals surface area (Å²) in [5, 5.41) is 0. The average Bonchev–Trinajstić information content (AvgIpc) is 2.70. The molecule has 2 fully saturated rings. The number of rotatable bonds is 2. The third kappa shape index (κ3) is 0.878. The molecular formula is C9H17N. The molecule has 2 N–H and O–H groups in total. The van der Waals surface area contributed by atoms with E-state index in [0.717, 1.165) is 11.8 Å². The molecule has 58 valence electrons. The van der Waals surface area contributed by atoms with Gasteiger partial charge in [0, 0.05) is 6.04 Å². The van der Waals surface area contributed by atoms with Gasteiger partial charge >= 0.3 is 0 Å². The van der Waals surface area contributed by atoms with Crippen molar-refractivity contribution in [3.63, 3.8) is 0 Å². The van der Waals surface area contributed by atoms with Gasteiger partial charge in [0.1, 0.15) is 0 Å². The maximum atomic E-state index is 5.92. The standard InChI is InChI=1S/C9H17N/c1-9(2)7(8(9)10)5-6-3-4-6/h6-8H,3-5,10H2,1-2H3. The minimum absolute atomic E-state index is 0.475. The highest BCUT2D eigenvalue weighted by atomic mass is 14.8. The van der Waals surface area contributed by atoms with Crippen LogP contribution < -0.4 is 5.73 Å². The topological polar surface area (TPSA) is 26.0 Å². The lowest BCUT2D eigenvalue weighted by molar-refractivity contribution is 0.508. The van der Waals surface area contributed by atoms with Crippen LogP contribution in [0.2, 0.25) is 0 Å². The second kappa shape index (κ2) is 1.76. The summed E-state index contributed by atoms with van der Waals surface area (Å²) in [7, 11) is 0. The predicted octanol–water partition coefficient (Wildman–Crippen LogP) is 1.77. The minimum atomic E-state index is 0.475. The summed E-state index contributed by atoms with van der Waals surface area (Å²) in [4.78, 5) is 0. The van der Waals surface area contributed by atoms with Crippen molar-refractivity contribution in [2.75, 3.05) is 0 Å². The van der Waals surface area contributed by atoms with Gasteiger partial charge < -0.3 is 5.73 Å². The van der Waals surface area contributed by atoms with E-state index in [9.17, 15) is 0 Å². The van der Waals surface area contributed by atoms with Crippen LogP contribution in [0.3, 0.4) is 0 Å². The molecule has 1 nitrogen and oxygen atoms in total. The predicted molar refractivity (Wildman–Crippen MR) is 42.6 cm³/mol. The third-order valence-corrected chi connectivity index (χ3v) is 3.42. The van der Waals surface area contributed by atoms with Gasteiger partial charge in [-0.2, -0.15) is 0 Å².